The van der Waals surface area contributed by atoms with E-state index in [-0.39, 0.29) is 33.6 Å². The summed E-state index contributed by atoms with van der Waals surface area (Å²) in [5.74, 6) is 0.0103. The highest BCUT2D eigenvalue weighted by molar-refractivity contribution is 6.84. The van der Waals surface area contributed by atoms with E-state index in [9.17, 15) is 4.79 Å². The van der Waals surface area contributed by atoms with E-state index in [1.54, 1.807) is 16.0 Å². The minimum absolute atomic E-state index is 0.0103. The van der Waals surface area contributed by atoms with Gasteiger partial charge >= 0.3 is 17.1 Å². The lowest BCUT2D eigenvalue weighted by atomic mass is 9.94. The largest absolute Gasteiger partial charge is 0.414 e. The quantitative estimate of drug-likeness (QED) is 0.519. The monoisotopic (exact) mass is 566 g/mol. The molecule has 2 aromatic heterocycles. The second-order valence-electron chi connectivity index (χ2n) is 12.2. The Labute approximate surface area is 225 Å². The molecular weight excluding hydrogens is 524 g/mol. The number of anilines is 1. The summed E-state index contributed by atoms with van der Waals surface area (Å²) >= 11 is 0. The number of rotatable bonds is 5. The van der Waals surface area contributed by atoms with Crippen LogP contribution in [0.1, 0.15) is 61.6 Å². The molecule has 3 N–H and O–H groups in total. The fraction of sp³-hybridized carbons (Fsp3) is 0.792. The molecule has 5 heterocycles. The molecule has 2 bridgehead atoms. The minimum Gasteiger partial charge on any atom is -0.414 e. The molecule has 5 rings (SSSR count). The number of nitrogens with zero attached hydrogens (tertiary/aromatic N) is 4. The number of nitrogens with one attached hydrogen (secondary N) is 1. The lowest BCUT2D eigenvalue weighted by Crippen LogP contribution is -2.71. The van der Waals surface area contributed by atoms with Gasteiger partial charge in [0.05, 0.1) is 19.5 Å². The summed E-state index contributed by atoms with van der Waals surface area (Å²) in [5.41, 5.74) is 5.94. The van der Waals surface area contributed by atoms with Crippen LogP contribution >= 0.6 is 0 Å². The third-order valence-corrected chi connectivity index (χ3v) is 18.6. The van der Waals surface area contributed by atoms with Crippen LogP contribution in [-0.2, 0) is 22.5 Å². The van der Waals surface area contributed by atoms with Crippen molar-refractivity contribution >= 4 is 34.2 Å². The van der Waals surface area contributed by atoms with Crippen LogP contribution in [0.25, 0.3) is 11.2 Å². The van der Waals surface area contributed by atoms with E-state index in [2.05, 4.69) is 70.3 Å². The molecule has 3 aliphatic rings. The fourth-order valence-corrected chi connectivity index (χ4v) is 17.8. The fourth-order valence-electron chi connectivity index (χ4n) is 6.51. The molecule has 0 radical (unpaired) electrons. The van der Waals surface area contributed by atoms with Crippen LogP contribution in [0.3, 0.4) is 0 Å². The molecule has 0 unspecified atom stereocenters. The van der Waals surface area contributed by atoms with Gasteiger partial charge in [-0.2, -0.15) is 10.0 Å². The molecule has 4 atom stereocenters. The van der Waals surface area contributed by atoms with E-state index < -0.39 is 46.7 Å². The maximum Gasteiger partial charge on any atom is 0.335 e. The van der Waals surface area contributed by atoms with Crippen LogP contribution in [-0.4, -0.2) is 79.7 Å². The summed E-state index contributed by atoms with van der Waals surface area (Å²) < 4.78 is 30.4. The van der Waals surface area contributed by atoms with Crippen LogP contribution in [0, 0.1) is 0 Å². The van der Waals surface area contributed by atoms with Crippen molar-refractivity contribution in [2.45, 2.75) is 102 Å². The molecule has 0 amide bonds. The molecule has 3 aliphatic heterocycles. The van der Waals surface area contributed by atoms with Crippen molar-refractivity contribution in [1.29, 1.82) is 0 Å². The van der Waals surface area contributed by atoms with Crippen molar-refractivity contribution in [3.63, 3.8) is 0 Å². The second kappa shape index (κ2) is 9.47. The summed E-state index contributed by atoms with van der Waals surface area (Å²) in [4.78, 5) is 30.1. The first kappa shape index (κ1) is 27.9. The zero-order valence-electron chi connectivity index (χ0n) is 23.8. The Morgan fingerprint density at radius 3 is 2.32 bits per heavy atom. The Morgan fingerprint density at radius 2 is 1.71 bits per heavy atom. The average molecular weight is 567 g/mol. The number of hydrogen-bond acceptors (Lipinski definition) is 10. The van der Waals surface area contributed by atoms with Gasteiger partial charge in [0.25, 0.3) is 5.56 Å². The summed E-state index contributed by atoms with van der Waals surface area (Å²) in [6.07, 6.45) is -0.106. The molecule has 0 aromatic carbocycles. The molecule has 3 saturated heterocycles. The number of H-pyrrole nitrogens is 1. The van der Waals surface area contributed by atoms with Gasteiger partial charge in [0.15, 0.2) is 23.5 Å². The lowest BCUT2D eigenvalue weighted by molar-refractivity contribution is -0.257. The van der Waals surface area contributed by atoms with Gasteiger partial charge in [0, 0.05) is 7.05 Å². The molecule has 3 fully saturated rings. The van der Waals surface area contributed by atoms with Crippen molar-refractivity contribution < 1.29 is 22.5 Å². The predicted molar refractivity (Wildman–Crippen MR) is 147 cm³/mol. The van der Waals surface area contributed by atoms with Gasteiger partial charge in [-0.25, -0.2) is 4.98 Å². The average Bonchev–Trinajstić information content (AvgIpc) is 3.28. The SMILES string of the molecule is CC(C)[Si]1(C(C)C)OC[C@@]23CN(C)O[C@@H]([C@H](n4cnc5c(=O)[nH]c(N)nc54)O2)[C@@H]3O[Si](C(C)C)(C(C)C)O1. The molecule has 2 aromatic rings. The Hall–Kier alpha value is -1.66. The van der Waals surface area contributed by atoms with E-state index in [1.165, 1.54) is 0 Å². The molecule has 38 heavy (non-hydrogen) atoms. The van der Waals surface area contributed by atoms with Crippen molar-refractivity contribution in [3.8, 4) is 0 Å². The maximum absolute atomic E-state index is 12.5. The van der Waals surface area contributed by atoms with E-state index >= 15 is 0 Å². The molecule has 0 spiro atoms. The first-order chi connectivity index (χ1) is 17.8. The number of nitrogens with two attached hydrogens (primary N) is 1. The Kier molecular flexibility index (Phi) is 6.95. The minimum atomic E-state index is -2.90. The smallest absolute Gasteiger partial charge is 0.335 e. The molecule has 212 valence electrons. The summed E-state index contributed by atoms with van der Waals surface area (Å²) in [5, 5.41) is 1.80. The van der Waals surface area contributed by atoms with Gasteiger partial charge in [-0.15, -0.1) is 0 Å². The van der Waals surface area contributed by atoms with Crippen LogP contribution < -0.4 is 11.3 Å². The number of nitrogen functional groups attached to an aromatic ring is 1. The van der Waals surface area contributed by atoms with Crippen molar-refractivity contribution in [1.82, 2.24) is 24.6 Å². The van der Waals surface area contributed by atoms with Crippen molar-refractivity contribution in [2.75, 3.05) is 25.9 Å². The van der Waals surface area contributed by atoms with Gasteiger partial charge in [0.1, 0.15) is 11.7 Å². The van der Waals surface area contributed by atoms with Crippen molar-refractivity contribution in [3.05, 3.63) is 16.7 Å². The van der Waals surface area contributed by atoms with E-state index in [0.717, 1.165) is 0 Å². The zero-order chi connectivity index (χ0) is 27.8. The van der Waals surface area contributed by atoms with Gasteiger partial charge in [-0.1, -0.05) is 55.4 Å². The third-order valence-electron chi connectivity index (χ3n) is 8.36. The molecular formula is C24H42N6O6Si2. The number of imidazole rings is 1. The van der Waals surface area contributed by atoms with E-state index in [4.69, 9.17) is 28.3 Å². The summed E-state index contributed by atoms with van der Waals surface area (Å²) in [6, 6.07) is 0. The number of aromatic amines is 1. The van der Waals surface area contributed by atoms with Gasteiger partial charge in [-0.05, 0) is 22.2 Å². The molecule has 12 nitrogen and oxygen atoms in total. The number of hydroxylamine groups is 2. The third kappa shape index (κ3) is 4.03. The number of aromatic nitrogens is 4. The maximum atomic E-state index is 12.5. The number of ether oxygens (including phenoxy) is 1. The number of hydrogen-bond donors (Lipinski definition) is 2. The summed E-state index contributed by atoms with van der Waals surface area (Å²) in [7, 11) is -3.78. The predicted octanol–water partition coefficient (Wildman–Crippen LogP) is 3.17. The zero-order valence-corrected chi connectivity index (χ0v) is 25.8. The van der Waals surface area contributed by atoms with E-state index in [1.807, 2.05) is 7.05 Å². The summed E-state index contributed by atoms with van der Waals surface area (Å²) in [6.45, 7) is 18.3. The molecule has 0 saturated carbocycles. The highest BCUT2D eigenvalue weighted by Gasteiger charge is 2.68. The topological polar surface area (TPSA) is 139 Å². The van der Waals surface area contributed by atoms with Crippen LogP contribution in [0.4, 0.5) is 5.95 Å². The highest BCUT2D eigenvalue weighted by atomic mass is 28.5. The van der Waals surface area contributed by atoms with Gasteiger partial charge in [-0.3, -0.25) is 19.2 Å². The first-order valence-electron chi connectivity index (χ1n) is 13.6. The number of likely N-dealkylation sites (N-methyl/N-ethyl adjacent to an activating group) is 1. The van der Waals surface area contributed by atoms with Gasteiger partial charge < -0.3 is 23.4 Å². The Bertz CT molecular complexity index is 1230. The standard InChI is InChI=1S/C24H42N6O6Si2/c1-13(2)37(14(3)4)32-11-24-10-29(9)34-18(19(24)35-38(36-37,15(5)6)16(7)8)22(33-24)30-12-26-17-20(30)27-23(25)28-21(17)31/h12-16,18-19,22H,10-11H2,1-9H3,(H3,25,27,28,31)/t18-,19+,22-,24-/m1/s1. The van der Waals surface area contributed by atoms with Crippen LogP contribution in [0.5, 0.6) is 0 Å². The van der Waals surface area contributed by atoms with Crippen LogP contribution in [0.15, 0.2) is 11.1 Å². The highest BCUT2D eigenvalue weighted by Crippen LogP contribution is 2.53. The Morgan fingerprint density at radius 1 is 1.08 bits per heavy atom. The van der Waals surface area contributed by atoms with E-state index in [0.29, 0.717) is 18.8 Å². The normalized spacial score (nSPS) is 31.3. The Balaban J connectivity index is 1.67. The second-order valence-corrected chi connectivity index (χ2v) is 21.0. The lowest BCUT2D eigenvalue weighted by Gasteiger charge is -2.55. The van der Waals surface area contributed by atoms with Crippen LogP contribution in [0.2, 0.25) is 22.2 Å². The molecule has 0 aliphatic carbocycles. The van der Waals surface area contributed by atoms with Gasteiger partial charge in [0.2, 0.25) is 5.95 Å². The first-order valence-corrected chi connectivity index (χ1v) is 17.5. The number of fused-ring (bicyclic) bond motifs is 1. The van der Waals surface area contributed by atoms with Crippen molar-refractivity contribution in [2.24, 2.45) is 0 Å². The molecule has 14 heteroatoms.